The number of halogens is 2. The van der Waals surface area contributed by atoms with E-state index in [1.807, 2.05) is 6.07 Å². The molecule has 7 heteroatoms. The maximum atomic E-state index is 13.8. The standard InChI is InChI=1S/C16H20ClFN4O/c1-3-22-7-6-14(19-9-15-20-10(2)23-21-15)16(22)11-4-5-12(17)13(18)8-11/h4-5,8,14,16,19H,3,6-7,9H2,1-2H3/t14-,16+/m0/s1. The zero-order valence-corrected chi connectivity index (χ0v) is 14.0. The molecule has 2 aromatic rings. The van der Waals surface area contributed by atoms with Crippen LogP contribution in [0.2, 0.25) is 5.02 Å². The molecule has 1 N–H and O–H groups in total. The second kappa shape index (κ2) is 6.95. The topological polar surface area (TPSA) is 54.2 Å². The van der Waals surface area contributed by atoms with Gasteiger partial charge in [0.25, 0.3) is 0 Å². The molecule has 0 saturated carbocycles. The van der Waals surface area contributed by atoms with Crippen molar-refractivity contribution in [1.29, 1.82) is 0 Å². The fourth-order valence-electron chi connectivity index (χ4n) is 3.20. The average molecular weight is 339 g/mol. The number of aryl methyl sites for hydroxylation is 1. The van der Waals surface area contributed by atoms with Crippen molar-refractivity contribution in [3.05, 3.63) is 46.3 Å². The van der Waals surface area contributed by atoms with Crippen LogP contribution in [0.3, 0.4) is 0 Å². The number of likely N-dealkylation sites (N-methyl/N-ethyl adjacent to an activating group) is 1. The predicted molar refractivity (Wildman–Crippen MR) is 85.7 cm³/mol. The Hall–Kier alpha value is -1.50. The molecule has 1 fully saturated rings. The van der Waals surface area contributed by atoms with E-state index in [-0.39, 0.29) is 22.9 Å². The molecule has 1 aromatic heterocycles. The second-order valence-electron chi connectivity index (χ2n) is 5.75. The first-order valence-electron chi connectivity index (χ1n) is 7.80. The van der Waals surface area contributed by atoms with E-state index in [1.54, 1.807) is 13.0 Å². The average Bonchev–Trinajstić information content (AvgIpc) is 3.13. The van der Waals surface area contributed by atoms with Crippen LogP contribution in [-0.4, -0.2) is 34.2 Å². The molecule has 1 aromatic carbocycles. The Morgan fingerprint density at radius 2 is 2.30 bits per heavy atom. The number of likely N-dealkylation sites (tertiary alicyclic amines) is 1. The molecule has 0 aliphatic carbocycles. The van der Waals surface area contributed by atoms with Gasteiger partial charge in [0.2, 0.25) is 5.89 Å². The Bertz CT molecular complexity index is 678. The van der Waals surface area contributed by atoms with Crippen LogP contribution in [0.25, 0.3) is 0 Å². The summed E-state index contributed by atoms with van der Waals surface area (Å²) in [5.74, 6) is 0.817. The van der Waals surface area contributed by atoms with Gasteiger partial charge in [0.05, 0.1) is 17.6 Å². The highest BCUT2D eigenvalue weighted by Gasteiger charge is 2.34. The summed E-state index contributed by atoms with van der Waals surface area (Å²) in [6.45, 7) is 6.29. The highest BCUT2D eigenvalue weighted by atomic mass is 35.5. The van der Waals surface area contributed by atoms with Crippen LogP contribution < -0.4 is 5.32 Å². The molecule has 0 unspecified atom stereocenters. The molecule has 124 valence electrons. The number of hydrogen-bond acceptors (Lipinski definition) is 5. The maximum Gasteiger partial charge on any atom is 0.223 e. The quantitative estimate of drug-likeness (QED) is 0.908. The van der Waals surface area contributed by atoms with Gasteiger partial charge >= 0.3 is 0 Å². The number of nitrogens with one attached hydrogen (secondary N) is 1. The highest BCUT2D eigenvalue weighted by molar-refractivity contribution is 6.30. The third kappa shape index (κ3) is 3.54. The van der Waals surface area contributed by atoms with Crippen molar-refractivity contribution in [3.63, 3.8) is 0 Å². The van der Waals surface area contributed by atoms with E-state index in [0.29, 0.717) is 18.3 Å². The maximum absolute atomic E-state index is 13.8. The van der Waals surface area contributed by atoms with Crippen LogP contribution in [-0.2, 0) is 6.54 Å². The van der Waals surface area contributed by atoms with Crippen molar-refractivity contribution < 1.29 is 8.91 Å². The van der Waals surface area contributed by atoms with Crippen LogP contribution in [0.4, 0.5) is 4.39 Å². The first kappa shape index (κ1) is 16.4. The monoisotopic (exact) mass is 338 g/mol. The molecule has 5 nitrogen and oxygen atoms in total. The molecule has 2 heterocycles. The van der Waals surface area contributed by atoms with Gasteiger partial charge in [-0.3, -0.25) is 4.90 Å². The number of rotatable bonds is 5. The zero-order chi connectivity index (χ0) is 16.4. The van der Waals surface area contributed by atoms with E-state index in [0.717, 1.165) is 25.1 Å². The van der Waals surface area contributed by atoms with Crippen molar-refractivity contribution >= 4 is 11.6 Å². The third-order valence-corrected chi connectivity index (χ3v) is 4.59. The third-order valence-electron chi connectivity index (χ3n) is 4.29. The summed E-state index contributed by atoms with van der Waals surface area (Å²) in [6, 6.07) is 5.37. The molecule has 1 aliphatic rings. The second-order valence-corrected chi connectivity index (χ2v) is 6.16. The molecule has 0 spiro atoms. The normalized spacial score (nSPS) is 21.9. The van der Waals surface area contributed by atoms with Crippen molar-refractivity contribution in [3.8, 4) is 0 Å². The first-order valence-corrected chi connectivity index (χ1v) is 8.18. The van der Waals surface area contributed by atoms with Gasteiger partial charge < -0.3 is 9.84 Å². The van der Waals surface area contributed by atoms with Gasteiger partial charge in [-0.25, -0.2) is 4.39 Å². The van der Waals surface area contributed by atoms with Gasteiger partial charge in [0.1, 0.15) is 5.82 Å². The summed E-state index contributed by atoms with van der Waals surface area (Å²) < 4.78 is 18.8. The Morgan fingerprint density at radius 3 is 2.96 bits per heavy atom. The molecule has 0 bridgehead atoms. The van der Waals surface area contributed by atoms with E-state index >= 15 is 0 Å². The summed E-state index contributed by atoms with van der Waals surface area (Å²) in [7, 11) is 0. The van der Waals surface area contributed by atoms with Crippen molar-refractivity contribution in [2.24, 2.45) is 0 Å². The molecule has 23 heavy (non-hydrogen) atoms. The fourth-order valence-corrected chi connectivity index (χ4v) is 3.32. The van der Waals surface area contributed by atoms with Crippen molar-refractivity contribution in [1.82, 2.24) is 20.4 Å². The van der Waals surface area contributed by atoms with E-state index in [1.165, 1.54) is 6.07 Å². The van der Waals surface area contributed by atoms with E-state index in [2.05, 4.69) is 27.3 Å². The van der Waals surface area contributed by atoms with Crippen LogP contribution >= 0.6 is 11.6 Å². The number of nitrogens with zero attached hydrogens (tertiary/aromatic N) is 3. The fraction of sp³-hybridized carbons (Fsp3) is 0.500. The van der Waals surface area contributed by atoms with E-state index in [9.17, 15) is 4.39 Å². The molecule has 1 saturated heterocycles. The predicted octanol–water partition coefficient (Wildman–Crippen LogP) is 3.10. The SMILES string of the molecule is CCN1CC[C@H](NCc2noc(C)n2)[C@H]1c1ccc(Cl)c(F)c1. The smallest absolute Gasteiger partial charge is 0.223 e. The minimum atomic E-state index is -0.375. The number of benzene rings is 1. The summed E-state index contributed by atoms with van der Waals surface area (Å²) >= 11 is 5.81. The van der Waals surface area contributed by atoms with Gasteiger partial charge in [-0.05, 0) is 30.7 Å². The van der Waals surface area contributed by atoms with Gasteiger partial charge in [0, 0.05) is 19.5 Å². The molecule has 0 radical (unpaired) electrons. The van der Waals surface area contributed by atoms with Crippen LogP contribution in [0, 0.1) is 12.7 Å². The van der Waals surface area contributed by atoms with Crippen LogP contribution in [0.5, 0.6) is 0 Å². The first-order chi connectivity index (χ1) is 11.1. The minimum absolute atomic E-state index is 0.111. The lowest BCUT2D eigenvalue weighted by atomic mass is 10.00. The lowest BCUT2D eigenvalue weighted by Gasteiger charge is -2.28. The van der Waals surface area contributed by atoms with Gasteiger partial charge in [0.15, 0.2) is 5.82 Å². The minimum Gasteiger partial charge on any atom is -0.340 e. The number of hydrogen-bond donors (Lipinski definition) is 1. The lowest BCUT2D eigenvalue weighted by molar-refractivity contribution is 0.247. The van der Waals surface area contributed by atoms with Crippen LogP contribution in [0.1, 0.15) is 36.7 Å². The molecular formula is C16H20ClFN4O. The molecule has 3 rings (SSSR count). The lowest BCUT2D eigenvalue weighted by Crippen LogP contribution is -2.36. The number of aromatic nitrogens is 2. The van der Waals surface area contributed by atoms with Gasteiger partial charge in [-0.2, -0.15) is 4.98 Å². The van der Waals surface area contributed by atoms with E-state index in [4.69, 9.17) is 16.1 Å². The summed E-state index contributed by atoms with van der Waals surface area (Å²) in [4.78, 5) is 6.54. The van der Waals surface area contributed by atoms with Crippen LogP contribution in [0.15, 0.2) is 22.7 Å². The summed E-state index contributed by atoms with van der Waals surface area (Å²) in [6.07, 6.45) is 0.986. The Balaban J connectivity index is 1.76. The highest BCUT2D eigenvalue weighted by Crippen LogP contribution is 2.33. The summed E-state index contributed by atoms with van der Waals surface area (Å²) in [5.41, 5.74) is 0.938. The molecule has 0 amide bonds. The summed E-state index contributed by atoms with van der Waals surface area (Å²) in [5, 5.41) is 7.53. The Labute approximate surface area is 139 Å². The Kier molecular flexibility index (Phi) is 4.94. The van der Waals surface area contributed by atoms with E-state index < -0.39 is 0 Å². The molecule has 1 aliphatic heterocycles. The molecular weight excluding hydrogens is 319 g/mol. The van der Waals surface area contributed by atoms with Gasteiger partial charge in [-0.15, -0.1) is 0 Å². The zero-order valence-electron chi connectivity index (χ0n) is 13.2. The molecule has 2 atom stereocenters. The Morgan fingerprint density at radius 1 is 1.48 bits per heavy atom. The van der Waals surface area contributed by atoms with Crippen molar-refractivity contribution in [2.45, 2.75) is 38.9 Å². The largest absolute Gasteiger partial charge is 0.340 e. The van der Waals surface area contributed by atoms with Gasteiger partial charge in [-0.1, -0.05) is 29.7 Å². The van der Waals surface area contributed by atoms with Crippen molar-refractivity contribution in [2.75, 3.05) is 13.1 Å².